The number of nitrogens with zero attached hydrogens (tertiary/aromatic N) is 4. The minimum absolute atomic E-state index is 0.371. The first-order chi connectivity index (χ1) is 10.7. The number of rotatable bonds is 7. The Labute approximate surface area is 132 Å². The standard InChI is InChI=1S/C15H26N4O3/c1-5-21-14(20-4)12-11-13(17-15(16-12)22-6-2)19-9-7-18(3)8-10-19/h11,14H,5-10H2,1-4H3. The second-order valence-electron chi connectivity index (χ2n) is 5.18. The second-order valence-corrected chi connectivity index (χ2v) is 5.18. The van der Waals surface area contributed by atoms with Gasteiger partial charge in [0.15, 0.2) is 0 Å². The van der Waals surface area contributed by atoms with E-state index >= 15 is 0 Å². The van der Waals surface area contributed by atoms with Crippen LogP contribution in [0.3, 0.4) is 0 Å². The van der Waals surface area contributed by atoms with Crippen molar-refractivity contribution in [3.63, 3.8) is 0 Å². The summed E-state index contributed by atoms with van der Waals surface area (Å²) in [5.41, 5.74) is 0.691. The van der Waals surface area contributed by atoms with Crippen molar-refractivity contribution in [1.82, 2.24) is 14.9 Å². The maximum absolute atomic E-state index is 5.57. The zero-order valence-corrected chi connectivity index (χ0v) is 13.9. The van der Waals surface area contributed by atoms with Gasteiger partial charge in [-0.25, -0.2) is 0 Å². The van der Waals surface area contributed by atoms with E-state index in [2.05, 4.69) is 26.8 Å². The van der Waals surface area contributed by atoms with Crippen molar-refractivity contribution in [2.45, 2.75) is 20.1 Å². The van der Waals surface area contributed by atoms with E-state index in [-0.39, 0.29) is 0 Å². The molecule has 1 aromatic heterocycles. The average molecular weight is 310 g/mol. The molecule has 7 heteroatoms. The summed E-state index contributed by atoms with van der Waals surface area (Å²) in [6.45, 7) is 8.83. The van der Waals surface area contributed by atoms with E-state index in [9.17, 15) is 0 Å². The van der Waals surface area contributed by atoms with Crippen LogP contribution in [-0.4, -0.2) is 68.4 Å². The third kappa shape index (κ3) is 4.28. The van der Waals surface area contributed by atoms with Crippen LogP contribution >= 0.6 is 0 Å². The van der Waals surface area contributed by atoms with Gasteiger partial charge in [-0.05, 0) is 20.9 Å². The van der Waals surface area contributed by atoms with E-state index in [1.807, 2.05) is 19.9 Å². The number of aromatic nitrogens is 2. The van der Waals surface area contributed by atoms with Gasteiger partial charge in [-0.15, -0.1) is 0 Å². The van der Waals surface area contributed by atoms with Crippen LogP contribution in [0.25, 0.3) is 0 Å². The molecule has 1 fully saturated rings. The van der Waals surface area contributed by atoms with Crippen molar-refractivity contribution in [1.29, 1.82) is 0 Å². The minimum Gasteiger partial charge on any atom is -0.464 e. The molecule has 0 N–H and O–H groups in total. The monoisotopic (exact) mass is 310 g/mol. The van der Waals surface area contributed by atoms with E-state index in [1.165, 1.54) is 0 Å². The molecule has 0 amide bonds. The van der Waals surface area contributed by atoms with Crippen molar-refractivity contribution in [3.8, 4) is 6.01 Å². The van der Waals surface area contributed by atoms with Crippen LogP contribution < -0.4 is 9.64 Å². The summed E-state index contributed by atoms with van der Waals surface area (Å²) < 4.78 is 16.5. The van der Waals surface area contributed by atoms with Gasteiger partial charge in [-0.1, -0.05) is 0 Å². The summed E-state index contributed by atoms with van der Waals surface area (Å²) in [7, 11) is 3.74. The van der Waals surface area contributed by atoms with Gasteiger partial charge in [-0.3, -0.25) is 0 Å². The number of anilines is 1. The molecule has 22 heavy (non-hydrogen) atoms. The molecule has 2 rings (SSSR count). The fraction of sp³-hybridized carbons (Fsp3) is 0.733. The molecule has 0 spiro atoms. The molecule has 1 aliphatic rings. The highest BCUT2D eigenvalue weighted by atomic mass is 16.7. The quantitative estimate of drug-likeness (QED) is 0.704. The van der Waals surface area contributed by atoms with Crippen LogP contribution in [-0.2, 0) is 9.47 Å². The Hall–Kier alpha value is -1.44. The number of hydrogen-bond acceptors (Lipinski definition) is 7. The van der Waals surface area contributed by atoms with E-state index in [0.717, 1.165) is 32.0 Å². The maximum atomic E-state index is 5.57. The molecule has 0 aromatic carbocycles. The Balaban J connectivity index is 2.26. The zero-order chi connectivity index (χ0) is 15.9. The number of methoxy groups -OCH3 is 1. The molecule has 1 saturated heterocycles. The third-order valence-electron chi connectivity index (χ3n) is 3.59. The molecular weight excluding hydrogens is 284 g/mol. The van der Waals surface area contributed by atoms with Crippen LogP contribution in [0.15, 0.2) is 6.07 Å². The Morgan fingerprint density at radius 3 is 2.45 bits per heavy atom. The summed E-state index contributed by atoms with van der Waals surface area (Å²) in [4.78, 5) is 13.5. The first kappa shape index (κ1) is 16.9. The van der Waals surface area contributed by atoms with Gasteiger partial charge in [0.1, 0.15) is 11.5 Å². The normalized spacial score (nSPS) is 17.5. The van der Waals surface area contributed by atoms with Crippen LogP contribution in [0.5, 0.6) is 6.01 Å². The molecule has 1 unspecified atom stereocenters. The third-order valence-corrected chi connectivity index (χ3v) is 3.59. The molecule has 7 nitrogen and oxygen atoms in total. The summed E-state index contributed by atoms with van der Waals surface area (Å²) in [6.07, 6.45) is -0.501. The lowest BCUT2D eigenvalue weighted by atomic mass is 10.3. The highest BCUT2D eigenvalue weighted by Crippen LogP contribution is 2.24. The predicted molar refractivity (Wildman–Crippen MR) is 84.3 cm³/mol. The molecule has 0 bridgehead atoms. The Bertz CT molecular complexity index is 464. The van der Waals surface area contributed by atoms with Crippen molar-refractivity contribution in [2.75, 3.05) is 58.5 Å². The Morgan fingerprint density at radius 2 is 1.86 bits per heavy atom. The smallest absolute Gasteiger partial charge is 0.318 e. The zero-order valence-electron chi connectivity index (χ0n) is 13.9. The van der Waals surface area contributed by atoms with E-state index in [0.29, 0.717) is 24.9 Å². The molecule has 0 aliphatic carbocycles. The van der Waals surface area contributed by atoms with Gasteiger partial charge in [0, 0.05) is 46.0 Å². The van der Waals surface area contributed by atoms with Gasteiger partial charge >= 0.3 is 6.01 Å². The number of likely N-dealkylation sites (N-methyl/N-ethyl adjacent to an activating group) is 1. The first-order valence-corrected chi connectivity index (χ1v) is 7.77. The van der Waals surface area contributed by atoms with Crippen LogP contribution in [0.2, 0.25) is 0 Å². The summed E-state index contributed by atoms with van der Waals surface area (Å²) in [5.74, 6) is 0.864. The van der Waals surface area contributed by atoms with E-state index < -0.39 is 6.29 Å². The lowest BCUT2D eigenvalue weighted by Gasteiger charge is -2.33. The highest BCUT2D eigenvalue weighted by Gasteiger charge is 2.21. The lowest BCUT2D eigenvalue weighted by molar-refractivity contribution is -0.126. The van der Waals surface area contributed by atoms with Crippen molar-refractivity contribution < 1.29 is 14.2 Å². The predicted octanol–water partition coefficient (Wildman–Crippen LogP) is 1.31. The molecule has 2 heterocycles. The van der Waals surface area contributed by atoms with Gasteiger partial charge < -0.3 is 24.0 Å². The maximum Gasteiger partial charge on any atom is 0.318 e. The molecule has 1 aromatic rings. The molecule has 1 aliphatic heterocycles. The largest absolute Gasteiger partial charge is 0.464 e. The fourth-order valence-electron chi connectivity index (χ4n) is 2.37. The summed E-state index contributed by atoms with van der Waals surface area (Å²) in [5, 5.41) is 0. The van der Waals surface area contributed by atoms with Gasteiger partial charge in [0.2, 0.25) is 6.29 Å². The topological polar surface area (TPSA) is 60.0 Å². The average Bonchev–Trinajstić information content (AvgIpc) is 2.53. The molecule has 0 radical (unpaired) electrons. The Morgan fingerprint density at radius 1 is 1.14 bits per heavy atom. The summed E-state index contributed by atoms with van der Waals surface area (Å²) >= 11 is 0. The van der Waals surface area contributed by atoms with Crippen molar-refractivity contribution >= 4 is 5.82 Å². The van der Waals surface area contributed by atoms with Gasteiger partial charge in [0.25, 0.3) is 0 Å². The minimum atomic E-state index is -0.501. The number of hydrogen-bond donors (Lipinski definition) is 0. The van der Waals surface area contributed by atoms with Crippen LogP contribution in [0, 0.1) is 0 Å². The SMILES string of the molecule is CCOc1nc(C(OC)OCC)cc(N2CCN(C)CC2)n1. The van der Waals surface area contributed by atoms with Gasteiger partial charge in [-0.2, -0.15) is 9.97 Å². The fourth-order valence-corrected chi connectivity index (χ4v) is 2.37. The first-order valence-electron chi connectivity index (χ1n) is 7.77. The number of piperazine rings is 1. The molecule has 1 atom stereocenters. The molecular formula is C15H26N4O3. The Kier molecular flexibility index (Phi) is 6.35. The van der Waals surface area contributed by atoms with Crippen LogP contribution in [0.4, 0.5) is 5.82 Å². The second kappa shape index (κ2) is 8.26. The molecule has 124 valence electrons. The summed E-state index contributed by atoms with van der Waals surface area (Å²) in [6, 6.07) is 2.30. The number of ether oxygens (including phenoxy) is 3. The van der Waals surface area contributed by atoms with Crippen molar-refractivity contribution in [2.24, 2.45) is 0 Å². The highest BCUT2D eigenvalue weighted by molar-refractivity contribution is 5.41. The van der Waals surface area contributed by atoms with Crippen LogP contribution in [0.1, 0.15) is 25.8 Å². The lowest BCUT2D eigenvalue weighted by Crippen LogP contribution is -2.44. The van der Waals surface area contributed by atoms with E-state index in [1.54, 1.807) is 7.11 Å². The van der Waals surface area contributed by atoms with Gasteiger partial charge in [0.05, 0.1) is 6.61 Å². The van der Waals surface area contributed by atoms with E-state index in [4.69, 9.17) is 14.2 Å². The van der Waals surface area contributed by atoms with Crippen molar-refractivity contribution in [3.05, 3.63) is 11.8 Å². The molecule has 0 saturated carbocycles.